The molecule has 3 rings (SSSR count). The molecule has 0 unspecified atom stereocenters. The molecule has 2 N–H and O–H groups in total. The van der Waals surface area contributed by atoms with E-state index in [1.807, 2.05) is 54.6 Å². The number of ether oxygens (including phenoxy) is 1. The molecule has 31 heavy (non-hydrogen) atoms. The van der Waals surface area contributed by atoms with Crippen molar-refractivity contribution in [3.05, 3.63) is 95.1 Å². The molecule has 0 aromatic heterocycles. The molecule has 0 atom stereocenters. The fourth-order valence-electron chi connectivity index (χ4n) is 3.07. The van der Waals surface area contributed by atoms with E-state index in [1.54, 1.807) is 13.0 Å². The van der Waals surface area contributed by atoms with E-state index in [4.69, 9.17) is 4.74 Å². The maximum Gasteiger partial charge on any atom is 0.240 e. The van der Waals surface area contributed by atoms with Crippen LogP contribution in [0.5, 0.6) is 0 Å². The van der Waals surface area contributed by atoms with Crippen molar-refractivity contribution in [1.82, 2.24) is 4.72 Å². The Bertz CT molecular complexity index is 1150. The van der Waals surface area contributed by atoms with Gasteiger partial charge in [-0.05, 0) is 41.3 Å². The van der Waals surface area contributed by atoms with E-state index < -0.39 is 10.0 Å². The van der Waals surface area contributed by atoms with Gasteiger partial charge in [-0.3, -0.25) is 4.79 Å². The summed E-state index contributed by atoms with van der Waals surface area (Å²) in [6.45, 7) is 4.19. The highest BCUT2D eigenvalue weighted by molar-refractivity contribution is 7.89. The van der Waals surface area contributed by atoms with Gasteiger partial charge in [0.15, 0.2) is 0 Å². The third-order valence-electron chi connectivity index (χ3n) is 4.77. The second kappa shape index (κ2) is 10.3. The van der Waals surface area contributed by atoms with Crippen molar-refractivity contribution >= 4 is 21.6 Å². The van der Waals surface area contributed by atoms with Gasteiger partial charge in [-0.2, -0.15) is 0 Å². The zero-order valence-electron chi connectivity index (χ0n) is 17.6. The Morgan fingerprint density at radius 2 is 1.58 bits per heavy atom. The lowest BCUT2D eigenvalue weighted by Gasteiger charge is -2.13. The van der Waals surface area contributed by atoms with Crippen molar-refractivity contribution in [2.24, 2.45) is 0 Å². The summed E-state index contributed by atoms with van der Waals surface area (Å²) in [4.78, 5) is 11.5. The van der Waals surface area contributed by atoms with Gasteiger partial charge in [-0.1, -0.05) is 60.7 Å². The van der Waals surface area contributed by atoms with E-state index in [2.05, 4.69) is 10.0 Å². The standard InChI is InChI=1S/C24H26N2O4S/c1-18-12-13-23(14-24(18)26-19(2)27)31(28,29)25-15-21-10-6-7-11-22(21)17-30-16-20-8-4-3-5-9-20/h3-14,25H,15-17H2,1-2H3,(H,26,27). The van der Waals surface area contributed by atoms with Crippen molar-refractivity contribution in [3.8, 4) is 0 Å². The fourth-order valence-corrected chi connectivity index (χ4v) is 4.10. The summed E-state index contributed by atoms with van der Waals surface area (Å²) >= 11 is 0. The molecular formula is C24H26N2O4S. The quantitative estimate of drug-likeness (QED) is 0.526. The summed E-state index contributed by atoms with van der Waals surface area (Å²) in [5.41, 5.74) is 4.10. The van der Waals surface area contributed by atoms with E-state index in [0.29, 0.717) is 18.9 Å². The molecule has 0 aliphatic rings. The number of amides is 1. The highest BCUT2D eigenvalue weighted by Gasteiger charge is 2.16. The second-order valence-electron chi connectivity index (χ2n) is 7.23. The van der Waals surface area contributed by atoms with Gasteiger partial charge >= 0.3 is 0 Å². The van der Waals surface area contributed by atoms with Crippen LogP contribution in [0.1, 0.15) is 29.2 Å². The molecule has 0 heterocycles. The smallest absolute Gasteiger partial charge is 0.240 e. The highest BCUT2D eigenvalue weighted by atomic mass is 32.2. The summed E-state index contributed by atoms with van der Waals surface area (Å²) in [7, 11) is -3.76. The topological polar surface area (TPSA) is 84.5 Å². The van der Waals surface area contributed by atoms with Gasteiger partial charge in [0.05, 0.1) is 18.1 Å². The lowest BCUT2D eigenvalue weighted by atomic mass is 10.1. The zero-order chi connectivity index (χ0) is 22.3. The Balaban J connectivity index is 1.67. The van der Waals surface area contributed by atoms with Crippen LogP contribution in [0.4, 0.5) is 5.69 Å². The lowest BCUT2D eigenvalue weighted by molar-refractivity contribution is -0.114. The first-order valence-corrected chi connectivity index (χ1v) is 11.4. The SMILES string of the molecule is CC(=O)Nc1cc(S(=O)(=O)NCc2ccccc2COCc2ccccc2)ccc1C. The van der Waals surface area contributed by atoms with E-state index in [9.17, 15) is 13.2 Å². The summed E-state index contributed by atoms with van der Waals surface area (Å²) in [5.74, 6) is -0.255. The first-order chi connectivity index (χ1) is 14.8. The van der Waals surface area contributed by atoms with Crippen LogP contribution in [0.3, 0.4) is 0 Å². The Hall–Kier alpha value is -3.00. The summed E-state index contributed by atoms with van der Waals surface area (Å²) in [6, 6.07) is 22.1. The molecule has 0 saturated carbocycles. The molecule has 0 aliphatic heterocycles. The monoisotopic (exact) mass is 438 g/mol. The molecule has 0 saturated heterocycles. The van der Waals surface area contributed by atoms with Gasteiger partial charge in [-0.25, -0.2) is 13.1 Å². The number of rotatable bonds is 9. The van der Waals surface area contributed by atoms with Crippen LogP contribution in [0, 0.1) is 6.92 Å². The van der Waals surface area contributed by atoms with Crippen molar-refractivity contribution in [2.45, 2.75) is 38.5 Å². The molecule has 0 radical (unpaired) electrons. The number of aryl methyl sites for hydroxylation is 1. The number of sulfonamides is 1. The molecule has 0 bridgehead atoms. The third-order valence-corrected chi connectivity index (χ3v) is 6.17. The van der Waals surface area contributed by atoms with Crippen LogP contribution in [0.2, 0.25) is 0 Å². The van der Waals surface area contributed by atoms with Crippen LogP contribution in [-0.2, 0) is 39.3 Å². The predicted octanol–water partition coefficient (Wildman–Crippen LogP) is 4.15. The molecule has 0 aliphatic carbocycles. The van der Waals surface area contributed by atoms with E-state index in [0.717, 1.165) is 22.3 Å². The van der Waals surface area contributed by atoms with Crippen LogP contribution in [-0.4, -0.2) is 14.3 Å². The fraction of sp³-hybridized carbons (Fsp3) is 0.208. The predicted molar refractivity (Wildman–Crippen MR) is 121 cm³/mol. The van der Waals surface area contributed by atoms with Gasteiger partial charge in [0, 0.05) is 19.2 Å². The molecule has 162 valence electrons. The van der Waals surface area contributed by atoms with E-state index in [-0.39, 0.29) is 17.3 Å². The largest absolute Gasteiger partial charge is 0.372 e. The highest BCUT2D eigenvalue weighted by Crippen LogP contribution is 2.21. The normalized spacial score (nSPS) is 11.3. The average molecular weight is 439 g/mol. The summed E-state index contributed by atoms with van der Waals surface area (Å²) in [6.07, 6.45) is 0. The molecule has 0 fully saturated rings. The van der Waals surface area contributed by atoms with Gasteiger partial charge < -0.3 is 10.1 Å². The number of carbonyl (C=O) groups excluding carboxylic acids is 1. The maximum absolute atomic E-state index is 12.8. The van der Waals surface area contributed by atoms with Crippen molar-refractivity contribution in [2.75, 3.05) is 5.32 Å². The first-order valence-electron chi connectivity index (χ1n) is 9.91. The van der Waals surface area contributed by atoms with Crippen molar-refractivity contribution in [1.29, 1.82) is 0 Å². The zero-order valence-corrected chi connectivity index (χ0v) is 18.4. The van der Waals surface area contributed by atoms with Crippen LogP contribution >= 0.6 is 0 Å². The maximum atomic E-state index is 12.8. The minimum absolute atomic E-state index is 0.0969. The molecule has 3 aromatic rings. The lowest BCUT2D eigenvalue weighted by Crippen LogP contribution is -2.24. The molecule has 0 spiro atoms. The molecular weight excluding hydrogens is 412 g/mol. The number of nitrogens with one attached hydrogen (secondary N) is 2. The Labute approximate surface area is 183 Å². The van der Waals surface area contributed by atoms with Crippen LogP contribution in [0.15, 0.2) is 77.7 Å². The molecule has 6 nitrogen and oxygen atoms in total. The van der Waals surface area contributed by atoms with E-state index >= 15 is 0 Å². The third kappa shape index (κ3) is 6.49. The average Bonchev–Trinajstić information content (AvgIpc) is 2.75. The number of carbonyl (C=O) groups is 1. The summed E-state index contributed by atoms with van der Waals surface area (Å²) in [5, 5.41) is 2.66. The van der Waals surface area contributed by atoms with Gasteiger partial charge in [0.1, 0.15) is 0 Å². The molecule has 7 heteroatoms. The Kier molecular flexibility index (Phi) is 7.57. The Morgan fingerprint density at radius 1 is 0.903 bits per heavy atom. The Morgan fingerprint density at radius 3 is 2.29 bits per heavy atom. The van der Waals surface area contributed by atoms with Gasteiger partial charge in [0.25, 0.3) is 0 Å². The van der Waals surface area contributed by atoms with Gasteiger partial charge in [-0.15, -0.1) is 0 Å². The van der Waals surface area contributed by atoms with Crippen LogP contribution < -0.4 is 10.0 Å². The van der Waals surface area contributed by atoms with Crippen molar-refractivity contribution in [3.63, 3.8) is 0 Å². The molecule has 1 amide bonds. The summed E-state index contributed by atoms with van der Waals surface area (Å²) < 4.78 is 34.1. The number of hydrogen-bond donors (Lipinski definition) is 2. The first kappa shape index (κ1) is 22.7. The van der Waals surface area contributed by atoms with Crippen LogP contribution in [0.25, 0.3) is 0 Å². The number of hydrogen-bond acceptors (Lipinski definition) is 4. The minimum Gasteiger partial charge on any atom is -0.372 e. The number of benzene rings is 3. The minimum atomic E-state index is -3.76. The second-order valence-corrected chi connectivity index (χ2v) is 9.00. The van der Waals surface area contributed by atoms with Crippen molar-refractivity contribution < 1.29 is 17.9 Å². The van der Waals surface area contributed by atoms with E-state index in [1.165, 1.54) is 19.1 Å². The van der Waals surface area contributed by atoms with Gasteiger partial charge in [0.2, 0.25) is 15.9 Å². The number of anilines is 1. The molecule has 3 aromatic carbocycles.